The van der Waals surface area contributed by atoms with Gasteiger partial charge in [-0.15, -0.1) is 6.42 Å². The van der Waals surface area contributed by atoms with E-state index in [4.69, 9.17) is 21.0 Å². The van der Waals surface area contributed by atoms with E-state index in [1.807, 2.05) is 48.5 Å². The first-order valence-corrected chi connectivity index (χ1v) is 8.57. The molecule has 4 nitrogen and oxygen atoms in total. The molecule has 3 rings (SSSR count). The number of rotatable bonds is 8. The largest absolute Gasteiger partial charge is 0.487 e. The molecule has 0 aliphatic carbocycles. The van der Waals surface area contributed by atoms with Crippen LogP contribution in [0.3, 0.4) is 0 Å². The molecule has 0 spiro atoms. The van der Waals surface area contributed by atoms with E-state index in [-0.39, 0.29) is 13.2 Å². The summed E-state index contributed by atoms with van der Waals surface area (Å²) in [5, 5.41) is 11.1. The third-order valence-electron chi connectivity index (χ3n) is 4.09. The summed E-state index contributed by atoms with van der Waals surface area (Å²) in [6.45, 7) is 0.802. The highest BCUT2D eigenvalue weighted by atomic mass is 16.5. The van der Waals surface area contributed by atoms with Gasteiger partial charge >= 0.3 is 0 Å². The minimum atomic E-state index is 0.169. The number of aliphatic hydroxyl groups excluding tert-OH is 1. The third-order valence-corrected chi connectivity index (χ3v) is 4.09. The van der Waals surface area contributed by atoms with Gasteiger partial charge in [0.25, 0.3) is 0 Å². The van der Waals surface area contributed by atoms with Crippen LogP contribution >= 0.6 is 0 Å². The standard InChI is InChI=1S/C22H21NO3/c1-2-14-25-19-10-11-20-18(15-19)6-3-9-22(20)26-16-21-17(8-5-13-24)7-4-12-23-21/h1,3-4,6-7,9-12,15,24H,5,8,13-14,16H2. The number of fused-ring (bicyclic) bond motifs is 1. The third kappa shape index (κ3) is 4.33. The Bertz CT molecular complexity index is 915. The van der Waals surface area contributed by atoms with Crippen molar-refractivity contribution in [2.24, 2.45) is 0 Å². The quantitative estimate of drug-likeness (QED) is 0.631. The minimum absolute atomic E-state index is 0.169. The lowest BCUT2D eigenvalue weighted by atomic mass is 10.1. The summed E-state index contributed by atoms with van der Waals surface area (Å²) in [7, 11) is 0. The van der Waals surface area contributed by atoms with Crippen LogP contribution in [0.2, 0.25) is 0 Å². The summed E-state index contributed by atoms with van der Waals surface area (Å²) in [6.07, 6.45) is 8.50. The number of benzene rings is 2. The summed E-state index contributed by atoms with van der Waals surface area (Å²) >= 11 is 0. The number of ether oxygens (including phenoxy) is 2. The van der Waals surface area contributed by atoms with Gasteiger partial charge in [0.05, 0.1) is 5.69 Å². The monoisotopic (exact) mass is 347 g/mol. The molecule has 1 aromatic heterocycles. The Labute approximate surface area is 153 Å². The van der Waals surface area contributed by atoms with Gasteiger partial charge in [-0.1, -0.05) is 24.1 Å². The first kappa shape index (κ1) is 17.8. The predicted molar refractivity (Wildman–Crippen MR) is 102 cm³/mol. The molecule has 1 N–H and O–H groups in total. The fourth-order valence-electron chi connectivity index (χ4n) is 2.82. The fraction of sp³-hybridized carbons (Fsp3) is 0.227. The molecule has 0 unspecified atom stereocenters. The molecule has 1 heterocycles. The smallest absolute Gasteiger partial charge is 0.148 e. The number of hydrogen-bond acceptors (Lipinski definition) is 4. The molecule has 0 radical (unpaired) electrons. The Balaban J connectivity index is 1.78. The molecule has 0 saturated heterocycles. The van der Waals surface area contributed by atoms with Crippen LogP contribution in [0.4, 0.5) is 0 Å². The molecule has 3 aromatic rings. The highest BCUT2D eigenvalue weighted by molar-refractivity contribution is 5.89. The van der Waals surface area contributed by atoms with Crippen LogP contribution in [-0.2, 0) is 13.0 Å². The normalized spacial score (nSPS) is 10.5. The lowest BCUT2D eigenvalue weighted by Gasteiger charge is -2.12. The highest BCUT2D eigenvalue weighted by Gasteiger charge is 2.07. The predicted octanol–water partition coefficient (Wildman–Crippen LogP) is 3.75. The van der Waals surface area contributed by atoms with E-state index in [0.29, 0.717) is 13.0 Å². The SMILES string of the molecule is C#CCOc1ccc2c(OCc3ncccc3CCCO)cccc2c1. The molecule has 26 heavy (non-hydrogen) atoms. The molecule has 0 fully saturated rings. The zero-order chi connectivity index (χ0) is 18.2. The topological polar surface area (TPSA) is 51.6 Å². The van der Waals surface area contributed by atoms with Crippen LogP contribution in [0.25, 0.3) is 10.8 Å². The maximum atomic E-state index is 9.05. The molecule has 0 aliphatic rings. The Morgan fingerprint density at radius 2 is 2.00 bits per heavy atom. The van der Waals surface area contributed by atoms with E-state index < -0.39 is 0 Å². The van der Waals surface area contributed by atoms with Gasteiger partial charge in [0.15, 0.2) is 0 Å². The van der Waals surface area contributed by atoms with Gasteiger partial charge < -0.3 is 14.6 Å². The van der Waals surface area contributed by atoms with Crippen molar-refractivity contribution in [1.82, 2.24) is 4.98 Å². The second-order valence-corrected chi connectivity index (χ2v) is 5.86. The van der Waals surface area contributed by atoms with E-state index in [1.54, 1.807) is 6.20 Å². The van der Waals surface area contributed by atoms with Gasteiger partial charge in [-0.05, 0) is 54.1 Å². The second kappa shape index (κ2) is 8.89. The maximum absolute atomic E-state index is 9.05. The maximum Gasteiger partial charge on any atom is 0.148 e. The van der Waals surface area contributed by atoms with Crippen molar-refractivity contribution in [2.75, 3.05) is 13.2 Å². The van der Waals surface area contributed by atoms with Crippen LogP contribution in [0, 0.1) is 12.3 Å². The second-order valence-electron chi connectivity index (χ2n) is 5.86. The van der Waals surface area contributed by atoms with Gasteiger partial charge in [-0.25, -0.2) is 0 Å². The van der Waals surface area contributed by atoms with E-state index in [9.17, 15) is 0 Å². The van der Waals surface area contributed by atoms with Gasteiger partial charge in [-0.3, -0.25) is 4.98 Å². The van der Waals surface area contributed by atoms with Crippen LogP contribution in [-0.4, -0.2) is 23.3 Å². The summed E-state index contributed by atoms with van der Waals surface area (Å²) < 4.78 is 11.5. The summed E-state index contributed by atoms with van der Waals surface area (Å²) in [5.41, 5.74) is 2.00. The van der Waals surface area contributed by atoms with Crippen molar-refractivity contribution >= 4 is 10.8 Å². The lowest BCUT2D eigenvalue weighted by molar-refractivity contribution is 0.285. The van der Waals surface area contributed by atoms with E-state index in [1.165, 1.54) is 0 Å². The molecular formula is C22H21NO3. The molecule has 0 atom stereocenters. The zero-order valence-corrected chi connectivity index (χ0v) is 14.5. The molecule has 0 aliphatic heterocycles. The summed E-state index contributed by atoms with van der Waals surface area (Å²) in [5.74, 6) is 4.00. The van der Waals surface area contributed by atoms with Gasteiger partial charge in [0.2, 0.25) is 0 Å². The number of hydrogen-bond donors (Lipinski definition) is 1. The van der Waals surface area contributed by atoms with Crippen molar-refractivity contribution in [3.63, 3.8) is 0 Å². The Hall–Kier alpha value is -3.03. The van der Waals surface area contributed by atoms with Crippen LogP contribution in [0.15, 0.2) is 54.7 Å². The Morgan fingerprint density at radius 1 is 1.08 bits per heavy atom. The molecule has 2 aromatic carbocycles. The minimum Gasteiger partial charge on any atom is -0.487 e. The average molecular weight is 347 g/mol. The van der Waals surface area contributed by atoms with Gasteiger partial charge in [0.1, 0.15) is 24.7 Å². The number of aryl methyl sites for hydroxylation is 1. The van der Waals surface area contributed by atoms with E-state index in [0.717, 1.165) is 39.9 Å². The van der Waals surface area contributed by atoms with E-state index >= 15 is 0 Å². The zero-order valence-electron chi connectivity index (χ0n) is 14.5. The van der Waals surface area contributed by atoms with Gasteiger partial charge in [0, 0.05) is 18.2 Å². The van der Waals surface area contributed by atoms with E-state index in [2.05, 4.69) is 10.9 Å². The van der Waals surface area contributed by atoms with Crippen LogP contribution in [0.1, 0.15) is 17.7 Å². The molecular weight excluding hydrogens is 326 g/mol. The van der Waals surface area contributed by atoms with Crippen molar-refractivity contribution in [3.8, 4) is 23.8 Å². The molecule has 0 saturated carbocycles. The van der Waals surface area contributed by atoms with Crippen molar-refractivity contribution in [2.45, 2.75) is 19.4 Å². The fourth-order valence-corrected chi connectivity index (χ4v) is 2.82. The molecule has 132 valence electrons. The summed E-state index contributed by atoms with van der Waals surface area (Å²) in [6, 6.07) is 15.7. The first-order valence-electron chi connectivity index (χ1n) is 8.57. The summed E-state index contributed by atoms with van der Waals surface area (Å²) in [4.78, 5) is 4.43. The van der Waals surface area contributed by atoms with Crippen molar-refractivity contribution in [3.05, 3.63) is 66.0 Å². The molecule has 4 heteroatoms. The molecule has 0 bridgehead atoms. The Morgan fingerprint density at radius 3 is 2.85 bits per heavy atom. The highest BCUT2D eigenvalue weighted by Crippen LogP contribution is 2.29. The first-order chi connectivity index (χ1) is 12.8. The number of aliphatic hydroxyl groups is 1. The van der Waals surface area contributed by atoms with Crippen LogP contribution in [0.5, 0.6) is 11.5 Å². The number of nitrogens with zero attached hydrogens (tertiary/aromatic N) is 1. The van der Waals surface area contributed by atoms with Gasteiger partial charge in [-0.2, -0.15) is 0 Å². The van der Waals surface area contributed by atoms with Crippen LogP contribution < -0.4 is 9.47 Å². The molecule has 0 amide bonds. The average Bonchev–Trinajstić information content (AvgIpc) is 2.69. The number of terminal acetylenes is 1. The number of aromatic nitrogens is 1. The number of pyridine rings is 1. The Kier molecular flexibility index (Phi) is 6.08. The lowest BCUT2D eigenvalue weighted by Crippen LogP contribution is -2.04. The van der Waals surface area contributed by atoms with Crippen molar-refractivity contribution < 1.29 is 14.6 Å². The van der Waals surface area contributed by atoms with Crippen molar-refractivity contribution in [1.29, 1.82) is 0 Å².